The quantitative estimate of drug-likeness (QED) is 0.411. The van der Waals surface area contributed by atoms with Crippen molar-refractivity contribution in [2.45, 2.75) is 6.54 Å². The third kappa shape index (κ3) is 2.17. The van der Waals surface area contributed by atoms with Gasteiger partial charge in [0.25, 0.3) is 5.91 Å². The molecule has 1 amide bonds. The van der Waals surface area contributed by atoms with E-state index in [4.69, 9.17) is 5.84 Å². The van der Waals surface area contributed by atoms with Gasteiger partial charge in [-0.05, 0) is 0 Å². The van der Waals surface area contributed by atoms with E-state index in [0.29, 0.717) is 11.6 Å². The van der Waals surface area contributed by atoms with E-state index in [1.54, 1.807) is 16.4 Å². The Hall–Kier alpha value is -1.80. The van der Waals surface area contributed by atoms with E-state index in [9.17, 15) is 4.79 Å². The van der Waals surface area contributed by atoms with Crippen LogP contribution in [0.25, 0.3) is 0 Å². The maximum atomic E-state index is 11.1. The molecule has 78 valence electrons. The zero-order valence-electron chi connectivity index (χ0n) is 7.62. The topological polar surface area (TPSA) is 98.7 Å². The molecule has 0 aliphatic heterocycles. The Morgan fingerprint density at radius 2 is 2.53 bits per heavy atom. The summed E-state index contributed by atoms with van der Waals surface area (Å²) in [6.07, 6.45) is 3.03. The number of nitrogen functional groups attached to an aromatic ring is 1. The lowest BCUT2D eigenvalue weighted by atomic mass is 10.5. The largest absolute Gasteiger partial charge is 0.294 e. The fourth-order valence-electron chi connectivity index (χ4n) is 1.03. The minimum Gasteiger partial charge on any atom is -0.288 e. The minimum atomic E-state index is -0.384. The van der Waals surface area contributed by atoms with Crippen LogP contribution in [0.4, 0.5) is 0 Å². The SMILES string of the molecule is NNC(=O)c1nc(Cn2cncn2)cs1. The molecule has 3 N–H and O–H groups in total. The number of thiazole rings is 1. The molecule has 0 spiro atoms. The van der Waals surface area contributed by atoms with Gasteiger partial charge in [0, 0.05) is 5.38 Å². The van der Waals surface area contributed by atoms with E-state index in [1.165, 1.54) is 17.7 Å². The molecule has 0 aromatic carbocycles. The molecule has 0 fully saturated rings. The van der Waals surface area contributed by atoms with Crippen molar-refractivity contribution >= 4 is 17.2 Å². The van der Waals surface area contributed by atoms with Gasteiger partial charge in [0.1, 0.15) is 12.7 Å². The molecule has 0 bridgehead atoms. The van der Waals surface area contributed by atoms with Crippen LogP contribution in [0.5, 0.6) is 0 Å². The fourth-order valence-corrected chi connectivity index (χ4v) is 1.74. The van der Waals surface area contributed by atoms with E-state index in [0.717, 1.165) is 5.69 Å². The van der Waals surface area contributed by atoms with Crippen molar-refractivity contribution in [3.63, 3.8) is 0 Å². The van der Waals surface area contributed by atoms with Crippen LogP contribution < -0.4 is 11.3 Å². The number of rotatable bonds is 3. The number of amides is 1. The number of nitrogens with two attached hydrogens (primary N) is 1. The van der Waals surface area contributed by atoms with Gasteiger partial charge in [0.15, 0.2) is 5.01 Å². The molecule has 7 nitrogen and oxygen atoms in total. The van der Waals surface area contributed by atoms with Crippen LogP contribution in [-0.4, -0.2) is 25.7 Å². The third-order valence-electron chi connectivity index (χ3n) is 1.67. The summed E-state index contributed by atoms with van der Waals surface area (Å²) < 4.78 is 1.62. The van der Waals surface area contributed by atoms with Crippen molar-refractivity contribution in [1.82, 2.24) is 25.2 Å². The Balaban J connectivity index is 2.11. The third-order valence-corrected chi connectivity index (χ3v) is 2.56. The van der Waals surface area contributed by atoms with Crippen LogP contribution in [0.15, 0.2) is 18.0 Å². The molecule has 2 heterocycles. The molecule has 0 aliphatic rings. The zero-order valence-corrected chi connectivity index (χ0v) is 8.44. The van der Waals surface area contributed by atoms with Crippen LogP contribution >= 0.6 is 11.3 Å². The number of hydrogen-bond acceptors (Lipinski definition) is 6. The fraction of sp³-hybridized carbons (Fsp3) is 0.143. The Morgan fingerprint density at radius 3 is 3.20 bits per heavy atom. The number of carbonyl (C=O) groups is 1. The summed E-state index contributed by atoms with van der Waals surface area (Å²) in [6, 6.07) is 0. The summed E-state index contributed by atoms with van der Waals surface area (Å²) in [5.41, 5.74) is 2.78. The molecule has 0 unspecified atom stereocenters. The summed E-state index contributed by atoms with van der Waals surface area (Å²) in [5, 5.41) is 6.06. The maximum Gasteiger partial charge on any atom is 0.294 e. The van der Waals surface area contributed by atoms with E-state index >= 15 is 0 Å². The molecule has 0 saturated heterocycles. The highest BCUT2D eigenvalue weighted by atomic mass is 32.1. The first kappa shape index (κ1) is 9.74. The number of hydrogen-bond donors (Lipinski definition) is 2. The van der Waals surface area contributed by atoms with Crippen LogP contribution in [0.3, 0.4) is 0 Å². The predicted octanol–water partition coefficient (Wildman–Crippen LogP) is -0.614. The normalized spacial score (nSPS) is 10.2. The second kappa shape index (κ2) is 4.15. The van der Waals surface area contributed by atoms with Gasteiger partial charge in [-0.15, -0.1) is 11.3 Å². The van der Waals surface area contributed by atoms with E-state index in [1.807, 2.05) is 5.43 Å². The summed E-state index contributed by atoms with van der Waals surface area (Å²) in [5.74, 6) is 4.60. The molecule has 15 heavy (non-hydrogen) atoms. The van der Waals surface area contributed by atoms with E-state index < -0.39 is 0 Å². The maximum absolute atomic E-state index is 11.1. The van der Waals surface area contributed by atoms with Crippen molar-refractivity contribution in [1.29, 1.82) is 0 Å². The van der Waals surface area contributed by atoms with Crippen molar-refractivity contribution in [2.24, 2.45) is 5.84 Å². The number of nitrogens with one attached hydrogen (secondary N) is 1. The summed E-state index contributed by atoms with van der Waals surface area (Å²) in [4.78, 5) is 19.0. The zero-order chi connectivity index (χ0) is 10.7. The van der Waals surface area contributed by atoms with Crippen LogP contribution in [0.1, 0.15) is 15.5 Å². The number of aromatic nitrogens is 4. The molecule has 0 radical (unpaired) electrons. The Morgan fingerprint density at radius 1 is 1.67 bits per heavy atom. The standard InChI is InChI=1S/C7H8N6OS/c8-12-6(14)7-11-5(2-15-7)1-13-4-9-3-10-13/h2-4H,1,8H2,(H,12,14). The van der Waals surface area contributed by atoms with Gasteiger partial charge in [-0.3, -0.25) is 10.2 Å². The van der Waals surface area contributed by atoms with Gasteiger partial charge in [0.2, 0.25) is 0 Å². The smallest absolute Gasteiger partial charge is 0.288 e. The highest BCUT2D eigenvalue weighted by Crippen LogP contribution is 2.09. The molecular weight excluding hydrogens is 216 g/mol. The highest BCUT2D eigenvalue weighted by molar-refractivity contribution is 7.11. The second-order valence-corrected chi connectivity index (χ2v) is 3.57. The second-order valence-electron chi connectivity index (χ2n) is 2.71. The average Bonchev–Trinajstić information content (AvgIpc) is 2.88. The molecule has 0 aliphatic carbocycles. The summed E-state index contributed by atoms with van der Waals surface area (Å²) in [7, 11) is 0. The van der Waals surface area contributed by atoms with E-state index in [2.05, 4.69) is 15.1 Å². The lowest BCUT2D eigenvalue weighted by Gasteiger charge is -1.95. The van der Waals surface area contributed by atoms with Gasteiger partial charge in [-0.2, -0.15) is 5.10 Å². The molecule has 0 saturated carbocycles. The van der Waals surface area contributed by atoms with Crippen LogP contribution in [0, 0.1) is 0 Å². The monoisotopic (exact) mass is 224 g/mol. The molecular formula is C7H8N6OS. The lowest BCUT2D eigenvalue weighted by molar-refractivity contribution is 0.0953. The predicted molar refractivity (Wildman–Crippen MR) is 52.9 cm³/mol. The summed E-state index contributed by atoms with van der Waals surface area (Å²) >= 11 is 1.24. The first-order chi connectivity index (χ1) is 7.29. The van der Waals surface area contributed by atoms with Gasteiger partial charge >= 0.3 is 0 Å². The van der Waals surface area contributed by atoms with Crippen molar-refractivity contribution in [3.8, 4) is 0 Å². The summed E-state index contributed by atoms with van der Waals surface area (Å²) in [6.45, 7) is 0.494. The van der Waals surface area contributed by atoms with Gasteiger partial charge in [-0.1, -0.05) is 0 Å². The Labute approximate surface area is 88.9 Å². The molecule has 2 rings (SSSR count). The first-order valence-electron chi connectivity index (χ1n) is 4.07. The minimum absolute atomic E-state index is 0.340. The van der Waals surface area contributed by atoms with Crippen molar-refractivity contribution in [3.05, 3.63) is 28.7 Å². The Bertz CT molecular complexity index is 450. The van der Waals surface area contributed by atoms with Gasteiger partial charge < -0.3 is 0 Å². The number of carbonyl (C=O) groups excluding carboxylic acids is 1. The number of nitrogens with zero attached hydrogens (tertiary/aromatic N) is 4. The van der Waals surface area contributed by atoms with Crippen LogP contribution in [0.2, 0.25) is 0 Å². The lowest BCUT2D eigenvalue weighted by Crippen LogP contribution is -2.29. The molecule has 0 atom stereocenters. The van der Waals surface area contributed by atoms with Gasteiger partial charge in [-0.25, -0.2) is 20.5 Å². The Kier molecular flexibility index (Phi) is 2.70. The van der Waals surface area contributed by atoms with Crippen molar-refractivity contribution in [2.75, 3.05) is 0 Å². The van der Waals surface area contributed by atoms with Crippen molar-refractivity contribution < 1.29 is 4.79 Å². The van der Waals surface area contributed by atoms with Crippen LogP contribution in [-0.2, 0) is 6.54 Å². The molecule has 8 heteroatoms. The highest BCUT2D eigenvalue weighted by Gasteiger charge is 2.09. The first-order valence-corrected chi connectivity index (χ1v) is 4.95. The molecule has 2 aromatic rings. The average molecular weight is 224 g/mol. The van der Waals surface area contributed by atoms with Gasteiger partial charge in [0.05, 0.1) is 12.2 Å². The number of hydrazine groups is 1. The molecule has 2 aromatic heterocycles. The van der Waals surface area contributed by atoms with E-state index in [-0.39, 0.29) is 5.91 Å².